The van der Waals surface area contributed by atoms with Crippen molar-refractivity contribution in [3.63, 3.8) is 0 Å². The standard InChI is InChI=1S/C20H27NO3/c1-19(2,15-6-4-3-5-7-15)9-8-17(22)21-12-10-20(11-13-21)14-16(20)18(23)24/h3-7,16H,8-14H2,1-2H3,(H,23,24). The molecule has 1 aliphatic heterocycles. The highest BCUT2D eigenvalue weighted by Crippen LogP contribution is 2.59. The number of aliphatic carboxylic acids is 1. The van der Waals surface area contributed by atoms with Crippen molar-refractivity contribution in [1.29, 1.82) is 0 Å². The number of rotatable bonds is 5. The molecule has 3 rings (SSSR count). The summed E-state index contributed by atoms with van der Waals surface area (Å²) in [5.41, 5.74) is 1.24. The van der Waals surface area contributed by atoms with Gasteiger partial charge in [-0.2, -0.15) is 0 Å². The van der Waals surface area contributed by atoms with E-state index in [2.05, 4.69) is 26.0 Å². The summed E-state index contributed by atoms with van der Waals surface area (Å²) in [7, 11) is 0. The van der Waals surface area contributed by atoms with Gasteiger partial charge in [-0.3, -0.25) is 9.59 Å². The number of nitrogens with zero attached hydrogens (tertiary/aromatic N) is 1. The first kappa shape index (κ1) is 17.0. The molecule has 0 bridgehead atoms. The molecule has 4 heteroatoms. The van der Waals surface area contributed by atoms with Crippen LogP contribution in [0.2, 0.25) is 0 Å². The zero-order valence-corrected chi connectivity index (χ0v) is 14.6. The normalized spacial score (nSPS) is 22.4. The molecule has 24 heavy (non-hydrogen) atoms. The fourth-order valence-corrected chi connectivity index (χ4v) is 4.06. The summed E-state index contributed by atoms with van der Waals surface area (Å²) in [5, 5.41) is 9.15. The molecule has 1 aliphatic carbocycles. The lowest BCUT2D eigenvalue weighted by Crippen LogP contribution is -2.40. The van der Waals surface area contributed by atoms with Gasteiger partial charge in [0.15, 0.2) is 0 Å². The summed E-state index contributed by atoms with van der Waals surface area (Å²) < 4.78 is 0. The van der Waals surface area contributed by atoms with E-state index in [1.165, 1.54) is 5.56 Å². The van der Waals surface area contributed by atoms with Crippen molar-refractivity contribution in [1.82, 2.24) is 4.90 Å². The van der Waals surface area contributed by atoms with Crippen molar-refractivity contribution < 1.29 is 14.7 Å². The van der Waals surface area contributed by atoms with Crippen LogP contribution >= 0.6 is 0 Å². The van der Waals surface area contributed by atoms with Gasteiger partial charge in [0.2, 0.25) is 5.91 Å². The third-order valence-electron chi connectivity index (χ3n) is 6.12. The zero-order valence-electron chi connectivity index (χ0n) is 14.6. The molecule has 1 aromatic carbocycles. The molecule has 1 N–H and O–H groups in total. The van der Waals surface area contributed by atoms with E-state index in [1.807, 2.05) is 23.1 Å². The van der Waals surface area contributed by atoms with Crippen molar-refractivity contribution >= 4 is 11.9 Å². The highest BCUT2D eigenvalue weighted by Gasteiger charge is 2.59. The van der Waals surface area contributed by atoms with Crippen LogP contribution in [-0.4, -0.2) is 35.0 Å². The molecule has 4 nitrogen and oxygen atoms in total. The first-order valence-electron chi connectivity index (χ1n) is 8.90. The Labute approximate surface area is 143 Å². The van der Waals surface area contributed by atoms with Crippen LogP contribution in [0.3, 0.4) is 0 Å². The molecule has 1 spiro atoms. The van der Waals surface area contributed by atoms with Gasteiger partial charge in [-0.1, -0.05) is 44.2 Å². The Morgan fingerprint density at radius 2 is 1.83 bits per heavy atom. The summed E-state index contributed by atoms with van der Waals surface area (Å²) in [6, 6.07) is 10.3. The Bertz CT molecular complexity index is 615. The lowest BCUT2D eigenvalue weighted by Gasteiger charge is -2.33. The molecule has 0 radical (unpaired) electrons. The Kier molecular flexibility index (Phi) is 4.41. The number of hydrogen-bond acceptors (Lipinski definition) is 2. The second-order valence-electron chi connectivity index (χ2n) is 8.09. The third kappa shape index (κ3) is 3.33. The van der Waals surface area contributed by atoms with Crippen LogP contribution in [0.1, 0.15) is 51.5 Å². The number of carbonyl (C=O) groups is 2. The maximum Gasteiger partial charge on any atom is 0.307 e. The van der Waals surface area contributed by atoms with Crippen LogP contribution in [0.25, 0.3) is 0 Å². The number of carboxylic acids is 1. The first-order chi connectivity index (χ1) is 11.3. The average molecular weight is 329 g/mol. The summed E-state index contributed by atoms with van der Waals surface area (Å²) in [6.07, 6.45) is 3.87. The minimum absolute atomic E-state index is 0.00801. The molecule has 1 atom stereocenters. The van der Waals surface area contributed by atoms with Gasteiger partial charge >= 0.3 is 5.97 Å². The molecular weight excluding hydrogens is 302 g/mol. The van der Waals surface area contributed by atoms with Gasteiger partial charge in [-0.15, -0.1) is 0 Å². The largest absolute Gasteiger partial charge is 0.481 e. The Hall–Kier alpha value is -1.84. The molecule has 1 saturated carbocycles. The molecule has 0 aromatic heterocycles. The number of hydrogen-bond donors (Lipinski definition) is 1. The number of benzene rings is 1. The minimum atomic E-state index is -0.667. The number of carboxylic acid groups (broad SMARTS) is 1. The van der Waals surface area contributed by atoms with E-state index >= 15 is 0 Å². The van der Waals surface area contributed by atoms with Gasteiger partial charge in [0.1, 0.15) is 0 Å². The first-order valence-corrected chi connectivity index (χ1v) is 8.90. The van der Waals surface area contributed by atoms with Crippen LogP contribution in [0, 0.1) is 11.3 Å². The molecule has 2 aliphatic rings. The lowest BCUT2D eigenvalue weighted by atomic mass is 9.80. The summed E-state index contributed by atoms with van der Waals surface area (Å²) in [6.45, 7) is 5.80. The maximum atomic E-state index is 12.5. The minimum Gasteiger partial charge on any atom is -0.481 e. The fraction of sp³-hybridized carbons (Fsp3) is 0.600. The smallest absolute Gasteiger partial charge is 0.307 e. The molecule has 1 heterocycles. The van der Waals surface area contributed by atoms with Crippen molar-refractivity contribution in [2.24, 2.45) is 11.3 Å². The van der Waals surface area contributed by atoms with Gasteiger partial charge in [0, 0.05) is 19.5 Å². The lowest BCUT2D eigenvalue weighted by molar-refractivity contribution is -0.139. The third-order valence-corrected chi connectivity index (χ3v) is 6.12. The number of piperidine rings is 1. The van der Waals surface area contributed by atoms with E-state index < -0.39 is 5.97 Å². The summed E-state index contributed by atoms with van der Waals surface area (Å²) in [4.78, 5) is 25.6. The van der Waals surface area contributed by atoms with E-state index in [4.69, 9.17) is 5.11 Å². The number of carbonyl (C=O) groups excluding carboxylic acids is 1. The van der Waals surface area contributed by atoms with Crippen molar-refractivity contribution in [3.05, 3.63) is 35.9 Å². The van der Waals surface area contributed by atoms with E-state index in [-0.39, 0.29) is 22.7 Å². The van der Waals surface area contributed by atoms with E-state index in [9.17, 15) is 9.59 Å². The van der Waals surface area contributed by atoms with Crippen molar-refractivity contribution in [3.8, 4) is 0 Å². The second-order valence-corrected chi connectivity index (χ2v) is 8.09. The SMILES string of the molecule is CC(C)(CCC(=O)N1CCC2(CC1)CC2C(=O)O)c1ccccc1. The van der Waals surface area contributed by atoms with E-state index in [1.54, 1.807) is 0 Å². The average Bonchev–Trinajstić information content (AvgIpc) is 3.28. The second kappa shape index (κ2) is 6.23. The Morgan fingerprint density at radius 3 is 2.38 bits per heavy atom. The maximum absolute atomic E-state index is 12.5. The highest BCUT2D eigenvalue weighted by molar-refractivity contribution is 5.77. The Balaban J connectivity index is 1.49. The van der Waals surface area contributed by atoms with Crippen molar-refractivity contribution in [2.75, 3.05) is 13.1 Å². The predicted molar refractivity (Wildman–Crippen MR) is 92.7 cm³/mol. The molecule has 1 unspecified atom stereocenters. The van der Waals surface area contributed by atoms with Crippen LogP contribution < -0.4 is 0 Å². The molecule has 130 valence electrons. The van der Waals surface area contributed by atoms with Gasteiger partial charge in [0.05, 0.1) is 5.92 Å². The Morgan fingerprint density at radius 1 is 1.21 bits per heavy atom. The summed E-state index contributed by atoms with van der Waals surface area (Å²) >= 11 is 0. The fourth-order valence-electron chi connectivity index (χ4n) is 4.06. The van der Waals surface area contributed by atoms with Gasteiger partial charge in [0.25, 0.3) is 0 Å². The van der Waals surface area contributed by atoms with E-state index in [0.29, 0.717) is 19.5 Å². The molecular formula is C20H27NO3. The van der Waals surface area contributed by atoms with Crippen LogP contribution in [0.4, 0.5) is 0 Å². The van der Waals surface area contributed by atoms with Crippen LogP contribution in [0.15, 0.2) is 30.3 Å². The molecule has 1 amide bonds. The van der Waals surface area contributed by atoms with Crippen molar-refractivity contribution in [2.45, 2.75) is 51.4 Å². The highest BCUT2D eigenvalue weighted by atomic mass is 16.4. The van der Waals surface area contributed by atoms with Gasteiger partial charge in [-0.05, 0) is 42.1 Å². The topological polar surface area (TPSA) is 57.6 Å². The quantitative estimate of drug-likeness (QED) is 0.900. The molecule has 1 aromatic rings. The molecule has 1 saturated heterocycles. The van der Waals surface area contributed by atoms with Crippen LogP contribution in [-0.2, 0) is 15.0 Å². The number of amides is 1. The summed E-state index contributed by atoms with van der Waals surface area (Å²) in [5.74, 6) is -0.632. The van der Waals surface area contributed by atoms with Gasteiger partial charge in [-0.25, -0.2) is 0 Å². The predicted octanol–water partition coefficient (Wildman–Crippen LogP) is 3.46. The zero-order chi connectivity index (χ0) is 17.4. The monoisotopic (exact) mass is 329 g/mol. The molecule has 2 fully saturated rings. The number of likely N-dealkylation sites (tertiary alicyclic amines) is 1. The van der Waals surface area contributed by atoms with E-state index in [0.717, 1.165) is 25.7 Å². The van der Waals surface area contributed by atoms with Gasteiger partial charge < -0.3 is 10.0 Å². The van der Waals surface area contributed by atoms with Crippen LogP contribution in [0.5, 0.6) is 0 Å².